The van der Waals surface area contributed by atoms with Crippen molar-refractivity contribution in [3.8, 4) is 5.88 Å². The second kappa shape index (κ2) is 10.1. The fourth-order valence-corrected chi connectivity index (χ4v) is 2.55. The zero-order chi connectivity index (χ0) is 23.1. The maximum absolute atomic E-state index is 12.5. The number of ether oxygens (including phenoxy) is 2. The lowest BCUT2D eigenvalue weighted by atomic mass is 10.1. The van der Waals surface area contributed by atoms with Crippen LogP contribution in [0.2, 0.25) is 0 Å². The first-order valence-corrected chi connectivity index (χ1v) is 9.53. The molecule has 0 atom stereocenters. The fraction of sp³-hybridized carbons (Fsp3) is 0.190. The van der Waals surface area contributed by atoms with Crippen molar-refractivity contribution in [1.82, 2.24) is 15.1 Å². The van der Waals surface area contributed by atoms with E-state index in [0.717, 1.165) is 10.4 Å². The van der Waals surface area contributed by atoms with Gasteiger partial charge in [0.15, 0.2) is 12.4 Å². The summed E-state index contributed by atoms with van der Waals surface area (Å²) in [6.07, 6.45) is 1.35. The molecule has 0 saturated carbocycles. The average Bonchev–Trinajstić information content (AvgIpc) is 3.19. The van der Waals surface area contributed by atoms with E-state index >= 15 is 0 Å². The first-order chi connectivity index (χ1) is 15.4. The van der Waals surface area contributed by atoms with Crippen LogP contribution < -0.4 is 4.74 Å². The SMILES string of the molecule is CCOC(=O)c1nnn(/N=C/c2ccc([N+](=O)[O-])cc2)c1OCC(=O)c1ccc(C)cc1. The van der Waals surface area contributed by atoms with Gasteiger partial charge >= 0.3 is 5.97 Å². The molecule has 0 aliphatic rings. The Balaban J connectivity index is 1.82. The standard InChI is InChI=1S/C21H19N5O6/c1-3-31-21(28)19-20(32-13-18(27)16-8-4-14(2)5-9-16)25(24-23-19)22-12-15-6-10-17(11-7-15)26(29)30/h4-12H,3,13H2,1-2H3/b22-12+. The van der Waals surface area contributed by atoms with Gasteiger partial charge in [0.2, 0.25) is 5.69 Å². The number of Topliss-reactive ketones (excluding diaryl/α,β-unsaturated/α-hetero) is 1. The van der Waals surface area contributed by atoms with Crippen molar-refractivity contribution in [3.63, 3.8) is 0 Å². The number of aryl methyl sites for hydroxylation is 1. The van der Waals surface area contributed by atoms with Gasteiger partial charge in [0.25, 0.3) is 11.6 Å². The van der Waals surface area contributed by atoms with E-state index in [4.69, 9.17) is 9.47 Å². The minimum absolute atomic E-state index is 0.0638. The highest BCUT2D eigenvalue weighted by Crippen LogP contribution is 2.18. The van der Waals surface area contributed by atoms with E-state index in [1.54, 1.807) is 31.2 Å². The number of benzene rings is 2. The minimum Gasteiger partial charge on any atom is -0.466 e. The molecule has 0 fully saturated rings. The van der Waals surface area contributed by atoms with Gasteiger partial charge in [0, 0.05) is 17.7 Å². The predicted octanol–water partition coefficient (Wildman–Crippen LogP) is 2.82. The van der Waals surface area contributed by atoms with Gasteiger partial charge in [-0.1, -0.05) is 34.6 Å². The molecule has 0 bridgehead atoms. The number of rotatable bonds is 9. The van der Waals surface area contributed by atoms with Crippen molar-refractivity contribution in [1.29, 1.82) is 0 Å². The number of nitro groups is 1. The lowest BCUT2D eigenvalue weighted by molar-refractivity contribution is -0.384. The molecule has 0 radical (unpaired) electrons. The molecule has 1 heterocycles. The largest absolute Gasteiger partial charge is 0.466 e. The Labute approximate surface area is 182 Å². The molecule has 164 valence electrons. The Bertz CT molecular complexity index is 1150. The van der Waals surface area contributed by atoms with Gasteiger partial charge in [-0.15, -0.1) is 5.10 Å². The van der Waals surface area contributed by atoms with Gasteiger partial charge < -0.3 is 9.47 Å². The van der Waals surface area contributed by atoms with E-state index < -0.39 is 10.9 Å². The van der Waals surface area contributed by atoms with E-state index in [1.165, 1.54) is 30.5 Å². The van der Waals surface area contributed by atoms with Crippen LogP contribution in [-0.4, -0.2) is 51.2 Å². The van der Waals surface area contributed by atoms with Gasteiger partial charge in [-0.3, -0.25) is 14.9 Å². The van der Waals surface area contributed by atoms with Crippen LogP contribution in [0.25, 0.3) is 0 Å². The maximum Gasteiger partial charge on any atom is 0.364 e. The molecule has 0 N–H and O–H groups in total. The number of esters is 1. The molecule has 11 nitrogen and oxygen atoms in total. The maximum atomic E-state index is 12.5. The topological polar surface area (TPSA) is 139 Å². The van der Waals surface area contributed by atoms with Crippen molar-refractivity contribution in [2.45, 2.75) is 13.8 Å². The fourth-order valence-electron chi connectivity index (χ4n) is 2.55. The number of carbonyl (C=O) groups excluding carboxylic acids is 2. The predicted molar refractivity (Wildman–Crippen MR) is 113 cm³/mol. The highest BCUT2D eigenvalue weighted by molar-refractivity contribution is 5.97. The summed E-state index contributed by atoms with van der Waals surface area (Å²) in [6, 6.07) is 12.6. The van der Waals surface area contributed by atoms with Gasteiger partial charge in [-0.25, -0.2) is 4.79 Å². The summed E-state index contributed by atoms with van der Waals surface area (Å²) in [5.41, 5.74) is 1.69. The number of nitro benzene ring substituents is 1. The Morgan fingerprint density at radius 2 is 1.84 bits per heavy atom. The smallest absolute Gasteiger partial charge is 0.364 e. The number of hydrogen-bond acceptors (Lipinski definition) is 9. The van der Waals surface area contributed by atoms with Crippen molar-refractivity contribution < 1.29 is 24.0 Å². The summed E-state index contributed by atoms with van der Waals surface area (Å²) in [6.45, 7) is 3.27. The van der Waals surface area contributed by atoms with E-state index in [0.29, 0.717) is 11.1 Å². The third-order valence-corrected chi connectivity index (χ3v) is 4.22. The number of carbonyl (C=O) groups is 2. The zero-order valence-corrected chi connectivity index (χ0v) is 17.3. The van der Waals surface area contributed by atoms with Crippen molar-refractivity contribution >= 4 is 23.7 Å². The molecule has 1 aromatic heterocycles. The molecule has 3 rings (SSSR count). The summed E-state index contributed by atoms with van der Waals surface area (Å²) >= 11 is 0. The van der Waals surface area contributed by atoms with Crippen LogP contribution in [0.1, 0.15) is 38.9 Å². The Kier molecular flexibility index (Phi) is 7.01. The molecule has 0 saturated heterocycles. The van der Waals surface area contributed by atoms with E-state index in [9.17, 15) is 19.7 Å². The molecule has 2 aromatic carbocycles. The summed E-state index contributed by atoms with van der Waals surface area (Å²) in [5.74, 6) is -1.25. The number of nitrogens with zero attached hydrogens (tertiary/aromatic N) is 5. The minimum atomic E-state index is -0.776. The molecular formula is C21H19N5O6. The van der Waals surface area contributed by atoms with E-state index in [1.807, 2.05) is 6.92 Å². The summed E-state index contributed by atoms with van der Waals surface area (Å²) in [4.78, 5) is 35.8. The van der Waals surface area contributed by atoms with Crippen LogP contribution in [0, 0.1) is 17.0 Å². The first kappa shape index (κ1) is 22.3. The third kappa shape index (κ3) is 5.39. The molecule has 32 heavy (non-hydrogen) atoms. The molecule has 0 aliphatic heterocycles. The monoisotopic (exact) mass is 437 g/mol. The van der Waals surface area contributed by atoms with Gasteiger partial charge in [0.1, 0.15) is 0 Å². The van der Waals surface area contributed by atoms with Gasteiger partial charge in [0.05, 0.1) is 17.7 Å². The van der Waals surface area contributed by atoms with Crippen molar-refractivity contribution in [2.24, 2.45) is 5.10 Å². The first-order valence-electron chi connectivity index (χ1n) is 9.53. The molecule has 0 unspecified atom stereocenters. The van der Waals surface area contributed by atoms with Crippen molar-refractivity contribution in [3.05, 3.63) is 81.0 Å². The molecule has 0 amide bonds. The van der Waals surface area contributed by atoms with Gasteiger partial charge in [-0.05, 0) is 36.8 Å². The van der Waals surface area contributed by atoms with Crippen LogP contribution in [0.4, 0.5) is 5.69 Å². The Morgan fingerprint density at radius 3 is 2.47 bits per heavy atom. The Hall–Kier alpha value is -4.41. The summed E-state index contributed by atoms with van der Waals surface area (Å²) in [5, 5.41) is 22.4. The number of ketones is 1. The molecule has 0 spiro atoms. The molecular weight excluding hydrogens is 418 g/mol. The molecule has 0 aliphatic carbocycles. The molecule has 11 heteroatoms. The van der Waals surface area contributed by atoms with Crippen LogP contribution >= 0.6 is 0 Å². The number of non-ortho nitro benzene ring substituents is 1. The van der Waals surface area contributed by atoms with E-state index in [2.05, 4.69) is 15.4 Å². The number of aromatic nitrogens is 3. The quantitative estimate of drug-likeness (QED) is 0.164. The summed E-state index contributed by atoms with van der Waals surface area (Å²) < 4.78 is 10.5. The van der Waals surface area contributed by atoms with Gasteiger partial charge in [-0.2, -0.15) is 5.10 Å². The van der Waals surface area contributed by atoms with Crippen LogP contribution in [0.5, 0.6) is 5.88 Å². The highest BCUT2D eigenvalue weighted by atomic mass is 16.6. The normalized spacial score (nSPS) is 10.8. The lowest BCUT2D eigenvalue weighted by Crippen LogP contribution is -2.15. The van der Waals surface area contributed by atoms with Crippen LogP contribution in [0.3, 0.4) is 0 Å². The highest BCUT2D eigenvalue weighted by Gasteiger charge is 2.24. The van der Waals surface area contributed by atoms with Crippen LogP contribution in [0.15, 0.2) is 53.6 Å². The van der Waals surface area contributed by atoms with E-state index in [-0.39, 0.29) is 36.3 Å². The average molecular weight is 437 g/mol. The summed E-state index contributed by atoms with van der Waals surface area (Å²) in [7, 11) is 0. The third-order valence-electron chi connectivity index (χ3n) is 4.22. The van der Waals surface area contributed by atoms with Crippen LogP contribution in [-0.2, 0) is 4.74 Å². The lowest BCUT2D eigenvalue weighted by Gasteiger charge is -2.07. The number of hydrogen-bond donors (Lipinski definition) is 0. The zero-order valence-electron chi connectivity index (χ0n) is 17.3. The molecule has 3 aromatic rings. The Morgan fingerprint density at radius 1 is 1.16 bits per heavy atom. The second-order valence-corrected chi connectivity index (χ2v) is 6.52. The second-order valence-electron chi connectivity index (χ2n) is 6.52. The van der Waals surface area contributed by atoms with Crippen molar-refractivity contribution in [2.75, 3.05) is 13.2 Å².